The van der Waals surface area contributed by atoms with Gasteiger partial charge in [0.25, 0.3) is 0 Å². The highest BCUT2D eigenvalue weighted by Crippen LogP contribution is 2.28. The van der Waals surface area contributed by atoms with Gasteiger partial charge in [-0.05, 0) is 19.1 Å². The molecule has 0 bridgehead atoms. The number of anilines is 1. The zero-order valence-electron chi connectivity index (χ0n) is 10.8. The third kappa shape index (κ3) is 2.63. The molecule has 1 atom stereocenters. The van der Waals surface area contributed by atoms with Crippen molar-refractivity contribution in [1.82, 2.24) is 0 Å². The molecule has 1 saturated heterocycles. The summed E-state index contributed by atoms with van der Waals surface area (Å²) in [6, 6.07) is 4.75. The van der Waals surface area contributed by atoms with Gasteiger partial charge in [-0.3, -0.25) is 4.79 Å². The number of benzene rings is 1. The summed E-state index contributed by atoms with van der Waals surface area (Å²) >= 11 is 0. The molecule has 0 amide bonds. The van der Waals surface area contributed by atoms with Crippen LogP contribution in [0.3, 0.4) is 0 Å². The Kier molecular flexibility index (Phi) is 3.84. The fraction of sp³-hybridized carbons (Fsp3) is 0.500. The summed E-state index contributed by atoms with van der Waals surface area (Å²) in [6.45, 7) is 5.49. The largest absolute Gasteiger partial charge is 0.494 e. The summed E-state index contributed by atoms with van der Waals surface area (Å²) in [5, 5.41) is 0. The van der Waals surface area contributed by atoms with Crippen molar-refractivity contribution in [3.05, 3.63) is 24.0 Å². The Hall–Kier alpha value is -1.58. The number of halogens is 1. The number of ether oxygens (including phenoxy) is 1. The average molecular weight is 251 g/mol. The molecule has 1 aliphatic rings. The Balaban J connectivity index is 2.21. The molecule has 0 saturated carbocycles. The van der Waals surface area contributed by atoms with Gasteiger partial charge in [0.2, 0.25) is 0 Å². The lowest BCUT2D eigenvalue weighted by molar-refractivity contribution is -0.122. The standard InChI is InChI=1S/C14H18FNO2/c1-3-18-11-4-5-12(15)13(8-11)16-7-6-14(17)10(2)9-16/h4-5,8,10H,3,6-7,9H2,1-2H3. The van der Waals surface area contributed by atoms with Gasteiger partial charge < -0.3 is 9.64 Å². The van der Waals surface area contributed by atoms with Gasteiger partial charge in [-0.25, -0.2) is 4.39 Å². The fourth-order valence-electron chi connectivity index (χ4n) is 2.23. The summed E-state index contributed by atoms with van der Waals surface area (Å²) < 4.78 is 19.2. The van der Waals surface area contributed by atoms with Crippen LogP contribution in [0.25, 0.3) is 0 Å². The van der Waals surface area contributed by atoms with E-state index in [1.807, 2.05) is 18.7 Å². The molecule has 98 valence electrons. The van der Waals surface area contributed by atoms with E-state index in [0.717, 1.165) is 0 Å². The zero-order valence-corrected chi connectivity index (χ0v) is 10.8. The Bertz CT molecular complexity index is 447. The van der Waals surface area contributed by atoms with Crippen LogP contribution >= 0.6 is 0 Å². The Labute approximate surface area is 107 Å². The third-order valence-corrected chi connectivity index (χ3v) is 3.24. The second-order valence-corrected chi connectivity index (χ2v) is 4.61. The van der Waals surface area contributed by atoms with Crippen molar-refractivity contribution in [3.63, 3.8) is 0 Å². The lowest BCUT2D eigenvalue weighted by Gasteiger charge is -2.32. The van der Waals surface area contributed by atoms with E-state index in [9.17, 15) is 9.18 Å². The van der Waals surface area contributed by atoms with E-state index in [4.69, 9.17) is 4.74 Å². The van der Waals surface area contributed by atoms with Crippen LogP contribution in [0.1, 0.15) is 20.3 Å². The van der Waals surface area contributed by atoms with Gasteiger partial charge in [0, 0.05) is 31.5 Å². The molecule has 3 nitrogen and oxygen atoms in total. The number of Topliss-reactive ketones (excluding diaryl/α,β-unsaturated/α-hetero) is 1. The number of piperidine rings is 1. The normalized spacial score (nSPS) is 20.1. The lowest BCUT2D eigenvalue weighted by atomic mass is 9.98. The summed E-state index contributed by atoms with van der Waals surface area (Å²) in [5.74, 6) is 0.625. The third-order valence-electron chi connectivity index (χ3n) is 3.24. The average Bonchev–Trinajstić information content (AvgIpc) is 2.35. The van der Waals surface area contributed by atoms with Crippen LogP contribution in [0, 0.1) is 11.7 Å². The topological polar surface area (TPSA) is 29.5 Å². The van der Waals surface area contributed by atoms with Crippen molar-refractivity contribution >= 4 is 11.5 Å². The minimum Gasteiger partial charge on any atom is -0.494 e. The highest BCUT2D eigenvalue weighted by molar-refractivity contribution is 5.83. The van der Waals surface area contributed by atoms with Crippen LogP contribution in [-0.2, 0) is 4.79 Å². The van der Waals surface area contributed by atoms with Gasteiger partial charge in [0.1, 0.15) is 17.3 Å². The molecule has 1 aromatic carbocycles. The second kappa shape index (κ2) is 5.38. The summed E-state index contributed by atoms with van der Waals surface area (Å²) in [6.07, 6.45) is 0.486. The van der Waals surface area contributed by atoms with E-state index in [1.54, 1.807) is 12.1 Å². The molecule has 1 aliphatic heterocycles. The van der Waals surface area contributed by atoms with E-state index >= 15 is 0 Å². The highest BCUT2D eigenvalue weighted by atomic mass is 19.1. The van der Waals surface area contributed by atoms with Crippen LogP contribution < -0.4 is 9.64 Å². The first-order valence-corrected chi connectivity index (χ1v) is 6.31. The van der Waals surface area contributed by atoms with Crippen molar-refractivity contribution in [2.24, 2.45) is 5.92 Å². The maximum atomic E-state index is 13.8. The fourth-order valence-corrected chi connectivity index (χ4v) is 2.23. The number of rotatable bonds is 3. The van der Waals surface area contributed by atoms with Crippen molar-refractivity contribution in [2.75, 3.05) is 24.6 Å². The molecule has 0 N–H and O–H groups in total. The van der Waals surface area contributed by atoms with Crippen LogP contribution in [-0.4, -0.2) is 25.5 Å². The zero-order chi connectivity index (χ0) is 13.1. The molecule has 18 heavy (non-hydrogen) atoms. The molecule has 4 heteroatoms. The molecular weight excluding hydrogens is 233 g/mol. The van der Waals surface area contributed by atoms with E-state index in [1.165, 1.54) is 6.07 Å². The van der Waals surface area contributed by atoms with E-state index < -0.39 is 0 Å². The number of hydrogen-bond acceptors (Lipinski definition) is 3. The molecule has 0 radical (unpaired) electrons. The molecule has 1 heterocycles. The minimum atomic E-state index is -0.264. The number of ketones is 1. The highest BCUT2D eigenvalue weighted by Gasteiger charge is 2.25. The van der Waals surface area contributed by atoms with E-state index in [2.05, 4.69) is 0 Å². The van der Waals surface area contributed by atoms with Crippen molar-refractivity contribution in [3.8, 4) is 5.75 Å². The summed E-state index contributed by atoms with van der Waals surface area (Å²) in [5.41, 5.74) is 0.528. The summed E-state index contributed by atoms with van der Waals surface area (Å²) in [4.78, 5) is 13.4. The molecule has 0 aliphatic carbocycles. The van der Waals surface area contributed by atoms with E-state index in [0.29, 0.717) is 37.6 Å². The van der Waals surface area contributed by atoms with Crippen LogP contribution in [0.5, 0.6) is 5.75 Å². The van der Waals surface area contributed by atoms with Crippen LogP contribution in [0.15, 0.2) is 18.2 Å². The first kappa shape index (κ1) is 12.9. The maximum absolute atomic E-state index is 13.8. The van der Waals surface area contributed by atoms with Gasteiger partial charge >= 0.3 is 0 Å². The summed E-state index contributed by atoms with van der Waals surface area (Å²) in [7, 11) is 0. The SMILES string of the molecule is CCOc1ccc(F)c(N2CCC(=O)C(C)C2)c1. The molecule has 0 spiro atoms. The molecule has 2 rings (SSSR count). The van der Waals surface area contributed by atoms with Crippen molar-refractivity contribution in [1.29, 1.82) is 0 Å². The number of nitrogens with zero attached hydrogens (tertiary/aromatic N) is 1. The lowest BCUT2D eigenvalue weighted by Crippen LogP contribution is -2.40. The number of carbonyl (C=O) groups is 1. The molecule has 1 fully saturated rings. The number of hydrogen-bond donors (Lipinski definition) is 0. The molecule has 0 aromatic heterocycles. The van der Waals surface area contributed by atoms with E-state index in [-0.39, 0.29) is 17.5 Å². The monoisotopic (exact) mass is 251 g/mol. The smallest absolute Gasteiger partial charge is 0.146 e. The Morgan fingerprint density at radius 1 is 1.50 bits per heavy atom. The van der Waals surface area contributed by atoms with Crippen molar-refractivity contribution < 1.29 is 13.9 Å². The minimum absolute atomic E-state index is 0.0334. The van der Waals surface area contributed by atoms with Gasteiger partial charge in [-0.15, -0.1) is 0 Å². The maximum Gasteiger partial charge on any atom is 0.146 e. The molecular formula is C14H18FNO2. The predicted molar refractivity (Wildman–Crippen MR) is 68.6 cm³/mol. The first-order valence-electron chi connectivity index (χ1n) is 6.31. The van der Waals surface area contributed by atoms with Gasteiger partial charge in [0.05, 0.1) is 12.3 Å². The predicted octanol–water partition coefficient (Wildman–Crippen LogP) is 2.64. The quantitative estimate of drug-likeness (QED) is 0.827. The second-order valence-electron chi connectivity index (χ2n) is 4.61. The van der Waals surface area contributed by atoms with Crippen molar-refractivity contribution in [2.45, 2.75) is 20.3 Å². The van der Waals surface area contributed by atoms with Crippen LogP contribution in [0.4, 0.5) is 10.1 Å². The van der Waals surface area contributed by atoms with Gasteiger partial charge in [-0.2, -0.15) is 0 Å². The first-order chi connectivity index (χ1) is 8.61. The van der Waals surface area contributed by atoms with Crippen LogP contribution in [0.2, 0.25) is 0 Å². The Morgan fingerprint density at radius 3 is 2.94 bits per heavy atom. The van der Waals surface area contributed by atoms with Gasteiger partial charge in [-0.1, -0.05) is 6.92 Å². The van der Waals surface area contributed by atoms with Gasteiger partial charge in [0.15, 0.2) is 0 Å². The Morgan fingerprint density at radius 2 is 2.28 bits per heavy atom. The molecule has 1 aromatic rings. The number of carbonyl (C=O) groups excluding carboxylic acids is 1. The molecule has 1 unspecified atom stereocenters.